The van der Waals surface area contributed by atoms with Gasteiger partial charge >= 0.3 is 0 Å². The van der Waals surface area contributed by atoms with Gasteiger partial charge < -0.3 is 5.32 Å². The lowest BCUT2D eigenvalue weighted by Gasteiger charge is -2.30. The molecule has 6 nitrogen and oxygen atoms in total. The molecule has 2 aromatic rings. The Hall–Kier alpha value is -2.29. The summed E-state index contributed by atoms with van der Waals surface area (Å²) in [5, 5.41) is 2.95. The van der Waals surface area contributed by atoms with Crippen LogP contribution in [0.1, 0.15) is 37.8 Å². The number of nitrogens with zero attached hydrogens (tertiary/aromatic N) is 2. The molecule has 1 fully saturated rings. The third-order valence-electron chi connectivity index (χ3n) is 6.04. The number of anilines is 1. The molecule has 0 atom stereocenters. The van der Waals surface area contributed by atoms with E-state index in [1.54, 1.807) is 6.07 Å². The molecule has 0 unspecified atom stereocenters. The number of rotatable bonds is 9. The Morgan fingerprint density at radius 3 is 2.28 bits per heavy atom. The molecule has 0 radical (unpaired) electrons. The van der Waals surface area contributed by atoms with Crippen LogP contribution in [0.15, 0.2) is 48.5 Å². The van der Waals surface area contributed by atoms with Gasteiger partial charge in [-0.25, -0.2) is 17.1 Å². The molecular formula is C24H32FN3O3S. The van der Waals surface area contributed by atoms with Crippen LogP contribution in [0.3, 0.4) is 0 Å². The van der Waals surface area contributed by atoms with Gasteiger partial charge in [0.2, 0.25) is 15.9 Å². The van der Waals surface area contributed by atoms with E-state index < -0.39 is 15.8 Å². The van der Waals surface area contributed by atoms with Gasteiger partial charge in [-0.2, -0.15) is 0 Å². The molecule has 0 aliphatic carbocycles. The number of amides is 1. The Morgan fingerprint density at radius 2 is 1.69 bits per heavy atom. The van der Waals surface area contributed by atoms with Gasteiger partial charge in [0.25, 0.3) is 0 Å². The summed E-state index contributed by atoms with van der Waals surface area (Å²) in [5.41, 5.74) is 2.10. The molecule has 0 saturated carbocycles. The minimum atomic E-state index is -3.63. The summed E-state index contributed by atoms with van der Waals surface area (Å²) in [5.74, 6) is -1.22. The fraction of sp³-hybridized carbons (Fsp3) is 0.458. The van der Waals surface area contributed by atoms with E-state index in [1.807, 2.05) is 24.3 Å². The van der Waals surface area contributed by atoms with Crippen LogP contribution in [0.4, 0.5) is 10.1 Å². The highest BCUT2D eigenvalue weighted by Crippen LogP contribution is 2.24. The van der Waals surface area contributed by atoms with Crippen molar-refractivity contribution in [2.45, 2.75) is 39.0 Å². The van der Waals surface area contributed by atoms with Crippen molar-refractivity contribution in [3.05, 3.63) is 65.5 Å². The monoisotopic (exact) mass is 461 g/mol. The minimum Gasteiger partial charge on any atom is -0.326 e. The molecule has 0 aromatic heterocycles. The smallest absolute Gasteiger partial charge is 0.227 e. The lowest BCUT2D eigenvalue weighted by molar-refractivity contribution is -0.120. The molecule has 1 aliphatic rings. The van der Waals surface area contributed by atoms with Crippen LogP contribution in [0.25, 0.3) is 0 Å². The number of hydrogen-bond acceptors (Lipinski definition) is 4. The van der Waals surface area contributed by atoms with E-state index in [9.17, 15) is 17.6 Å². The fourth-order valence-corrected chi connectivity index (χ4v) is 5.52. The highest BCUT2D eigenvalue weighted by molar-refractivity contribution is 7.88. The number of carbonyl (C=O) groups excluding carboxylic acids is 1. The van der Waals surface area contributed by atoms with E-state index in [0.29, 0.717) is 12.8 Å². The zero-order valence-corrected chi connectivity index (χ0v) is 19.6. The van der Waals surface area contributed by atoms with E-state index in [2.05, 4.69) is 24.1 Å². The van der Waals surface area contributed by atoms with Crippen LogP contribution >= 0.6 is 0 Å². The largest absolute Gasteiger partial charge is 0.326 e. The number of benzene rings is 2. The Labute approximate surface area is 190 Å². The van der Waals surface area contributed by atoms with Crippen molar-refractivity contribution in [1.29, 1.82) is 0 Å². The second kappa shape index (κ2) is 11.0. The van der Waals surface area contributed by atoms with E-state index in [1.165, 1.54) is 28.1 Å². The first-order chi connectivity index (χ1) is 15.3. The molecule has 1 N–H and O–H groups in total. The maximum atomic E-state index is 13.8. The summed E-state index contributed by atoms with van der Waals surface area (Å²) in [6.07, 6.45) is 0.894. The summed E-state index contributed by atoms with van der Waals surface area (Å²) >= 11 is 0. The van der Waals surface area contributed by atoms with Crippen molar-refractivity contribution in [2.75, 3.05) is 31.5 Å². The van der Waals surface area contributed by atoms with Crippen LogP contribution < -0.4 is 5.32 Å². The average molecular weight is 462 g/mol. The van der Waals surface area contributed by atoms with Crippen LogP contribution in [-0.2, 0) is 27.1 Å². The molecule has 1 aliphatic heterocycles. The van der Waals surface area contributed by atoms with E-state index in [0.717, 1.165) is 25.3 Å². The van der Waals surface area contributed by atoms with Gasteiger partial charge in [0.05, 0.1) is 5.75 Å². The third-order valence-corrected chi connectivity index (χ3v) is 7.86. The number of hydrogen-bond donors (Lipinski definition) is 1. The SMILES string of the molecule is CCN(CC)Cc1ccc(NC(=O)C2CCN(S(=O)(=O)Cc3ccccc3F)CC2)cc1. The van der Waals surface area contributed by atoms with Gasteiger partial charge in [0.15, 0.2) is 0 Å². The molecule has 174 valence electrons. The highest BCUT2D eigenvalue weighted by Gasteiger charge is 2.31. The van der Waals surface area contributed by atoms with Crippen molar-refractivity contribution in [3.63, 3.8) is 0 Å². The number of piperidine rings is 1. The van der Waals surface area contributed by atoms with Gasteiger partial charge in [-0.3, -0.25) is 9.69 Å². The van der Waals surface area contributed by atoms with Crippen molar-refractivity contribution in [3.8, 4) is 0 Å². The van der Waals surface area contributed by atoms with Crippen molar-refractivity contribution in [2.24, 2.45) is 5.92 Å². The Morgan fingerprint density at radius 1 is 1.06 bits per heavy atom. The lowest BCUT2D eigenvalue weighted by Crippen LogP contribution is -2.42. The number of sulfonamides is 1. The van der Waals surface area contributed by atoms with Crippen LogP contribution in [0.2, 0.25) is 0 Å². The number of halogens is 1. The zero-order chi connectivity index (χ0) is 23.1. The number of carbonyl (C=O) groups is 1. The van der Waals surface area contributed by atoms with Gasteiger partial charge in [0.1, 0.15) is 5.82 Å². The molecule has 2 aromatic carbocycles. The number of nitrogens with one attached hydrogen (secondary N) is 1. The molecule has 0 spiro atoms. The van der Waals surface area contributed by atoms with Gasteiger partial charge in [-0.05, 0) is 49.7 Å². The topological polar surface area (TPSA) is 69.7 Å². The molecule has 8 heteroatoms. The molecule has 1 saturated heterocycles. The molecule has 0 bridgehead atoms. The Balaban J connectivity index is 1.51. The quantitative estimate of drug-likeness (QED) is 0.616. The normalized spacial score (nSPS) is 15.8. The Kier molecular flexibility index (Phi) is 8.39. The molecule has 1 amide bonds. The zero-order valence-electron chi connectivity index (χ0n) is 18.8. The van der Waals surface area contributed by atoms with Crippen LogP contribution in [-0.4, -0.2) is 49.7 Å². The average Bonchev–Trinajstić information content (AvgIpc) is 2.80. The predicted octanol–water partition coefficient (Wildman–Crippen LogP) is 3.85. The van der Waals surface area contributed by atoms with Gasteiger partial charge in [0, 0.05) is 36.8 Å². The summed E-state index contributed by atoms with van der Waals surface area (Å²) in [4.78, 5) is 15.0. The molecule has 1 heterocycles. The van der Waals surface area contributed by atoms with Crippen molar-refractivity contribution in [1.82, 2.24) is 9.21 Å². The molecule has 3 rings (SSSR count). The summed E-state index contributed by atoms with van der Waals surface area (Å²) in [6, 6.07) is 13.8. The lowest BCUT2D eigenvalue weighted by atomic mass is 9.97. The summed E-state index contributed by atoms with van der Waals surface area (Å²) < 4.78 is 40.6. The van der Waals surface area contributed by atoms with Gasteiger partial charge in [-0.15, -0.1) is 0 Å². The standard InChI is InChI=1S/C24H32FN3O3S/c1-3-27(4-2)17-19-9-11-22(12-10-19)26-24(29)20-13-15-28(16-14-20)32(30,31)18-21-7-5-6-8-23(21)25/h5-12,20H,3-4,13-18H2,1-2H3,(H,26,29). The van der Waals surface area contributed by atoms with E-state index in [4.69, 9.17) is 0 Å². The second-order valence-corrected chi connectivity index (χ2v) is 10.1. The van der Waals surface area contributed by atoms with Crippen LogP contribution in [0, 0.1) is 11.7 Å². The van der Waals surface area contributed by atoms with Crippen molar-refractivity contribution < 1.29 is 17.6 Å². The first-order valence-electron chi connectivity index (χ1n) is 11.2. The van der Waals surface area contributed by atoms with Crippen molar-refractivity contribution >= 4 is 21.6 Å². The Bertz CT molecular complexity index is 999. The fourth-order valence-electron chi connectivity index (χ4n) is 3.94. The predicted molar refractivity (Wildman–Crippen MR) is 125 cm³/mol. The maximum absolute atomic E-state index is 13.8. The third kappa shape index (κ3) is 6.37. The first-order valence-corrected chi connectivity index (χ1v) is 12.8. The van der Waals surface area contributed by atoms with E-state index >= 15 is 0 Å². The second-order valence-electron chi connectivity index (χ2n) is 8.17. The van der Waals surface area contributed by atoms with Gasteiger partial charge in [-0.1, -0.05) is 44.2 Å². The van der Waals surface area contributed by atoms with E-state index in [-0.39, 0.29) is 36.2 Å². The minimum absolute atomic E-state index is 0.0901. The highest BCUT2D eigenvalue weighted by atomic mass is 32.2. The summed E-state index contributed by atoms with van der Waals surface area (Å²) in [6.45, 7) is 7.65. The molecule has 32 heavy (non-hydrogen) atoms. The summed E-state index contributed by atoms with van der Waals surface area (Å²) in [7, 11) is -3.63. The first kappa shape index (κ1) is 24.4. The molecular weight excluding hydrogens is 429 g/mol. The maximum Gasteiger partial charge on any atom is 0.227 e. The van der Waals surface area contributed by atoms with Crippen LogP contribution in [0.5, 0.6) is 0 Å².